The van der Waals surface area contributed by atoms with Crippen molar-refractivity contribution in [3.8, 4) is 0 Å². The van der Waals surface area contributed by atoms with Crippen molar-refractivity contribution in [1.82, 2.24) is 4.90 Å². The van der Waals surface area contributed by atoms with Crippen LogP contribution in [0.2, 0.25) is 5.02 Å². The molecule has 3 rings (SSSR count). The van der Waals surface area contributed by atoms with Crippen molar-refractivity contribution in [2.24, 2.45) is 5.92 Å². The maximum absolute atomic E-state index is 12.6. The van der Waals surface area contributed by atoms with Crippen molar-refractivity contribution in [3.05, 3.63) is 34.9 Å². The van der Waals surface area contributed by atoms with Crippen molar-refractivity contribution in [2.75, 3.05) is 13.1 Å². The number of piperidine rings is 1. The quantitative estimate of drug-likeness (QED) is 0.864. The number of halogens is 1. The highest BCUT2D eigenvalue weighted by Gasteiger charge is 2.43. The molecule has 2 atom stereocenters. The van der Waals surface area contributed by atoms with E-state index in [1.54, 1.807) is 12.1 Å². The predicted octanol–water partition coefficient (Wildman–Crippen LogP) is 3.11. The Hall–Kier alpha value is -1.06. The molecule has 1 aliphatic carbocycles. The van der Waals surface area contributed by atoms with Gasteiger partial charge >= 0.3 is 0 Å². The Morgan fingerprint density at radius 3 is 2.90 bits per heavy atom. The van der Waals surface area contributed by atoms with E-state index in [4.69, 9.17) is 11.6 Å². The van der Waals surface area contributed by atoms with Gasteiger partial charge in [-0.05, 0) is 31.4 Å². The first kappa shape index (κ1) is 13.9. The van der Waals surface area contributed by atoms with Gasteiger partial charge in [-0.3, -0.25) is 4.79 Å². The van der Waals surface area contributed by atoms with Crippen LogP contribution in [0.5, 0.6) is 0 Å². The summed E-state index contributed by atoms with van der Waals surface area (Å²) in [5.74, 6) is 0.208. The Labute approximate surface area is 124 Å². The lowest BCUT2D eigenvalue weighted by atomic mass is 9.71. The second-order valence-electron chi connectivity index (χ2n) is 6.03. The van der Waals surface area contributed by atoms with Crippen molar-refractivity contribution in [3.63, 3.8) is 0 Å². The number of carbonyl (C=O) groups is 1. The van der Waals surface area contributed by atoms with Gasteiger partial charge in [-0.2, -0.15) is 0 Å². The van der Waals surface area contributed by atoms with Crippen molar-refractivity contribution in [1.29, 1.82) is 0 Å². The summed E-state index contributed by atoms with van der Waals surface area (Å²) in [4.78, 5) is 14.4. The molecule has 2 aliphatic rings. The van der Waals surface area contributed by atoms with Gasteiger partial charge in [0.15, 0.2) is 0 Å². The third-order valence-corrected chi connectivity index (χ3v) is 5.15. The van der Waals surface area contributed by atoms with E-state index in [0.717, 1.165) is 25.7 Å². The van der Waals surface area contributed by atoms with Crippen LogP contribution >= 0.6 is 11.6 Å². The Bertz CT molecular complexity index is 519. The predicted molar refractivity (Wildman–Crippen MR) is 78.9 cm³/mol. The fourth-order valence-corrected chi connectivity index (χ4v) is 3.78. The molecule has 0 spiro atoms. The van der Waals surface area contributed by atoms with Crippen LogP contribution in [0.25, 0.3) is 0 Å². The first-order valence-corrected chi connectivity index (χ1v) is 7.74. The van der Waals surface area contributed by atoms with Crippen molar-refractivity contribution < 1.29 is 9.90 Å². The molecule has 0 bridgehead atoms. The Kier molecular flexibility index (Phi) is 3.74. The smallest absolute Gasteiger partial charge is 0.255 e. The zero-order chi connectivity index (χ0) is 14.2. The molecule has 1 amide bonds. The van der Waals surface area contributed by atoms with Gasteiger partial charge < -0.3 is 10.0 Å². The summed E-state index contributed by atoms with van der Waals surface area (Å²) >= 11 is 6.11. The van der Waals surface area contributed by atoms with Crippen LogP contribution < -0.4 is 0 Å². The number of benzene rings is 1. The fraction of sp³-hybridized carbons (Fsp3) is 0.562. The Morgan fingerprint density at radius 2 is 2.10 bits per heavy atom. The van der Waals surface area contributed by atoms with Crippen LogP contribution in [0.4, 0.5) is 0 Å². The lowest BCUT2D eigenvalue weighted by molar-refractivity contribution is -0.0886. The van der Waals surface area contributed by atoms with Crippen LogP contribution in [-0.2, 0) is 0 Å². The van der Waals surface area contributed by atoms with Crippen LogP contribution in [0.15, 0.2) is 24.3 Å². The van der Waals surface area contributed by atoms with Gasteiger partial charge in [-0.25, -0.2) is 0 Å². The second kappa shape index (κ2) is 5.38. The molecular weight excluding hydrogens is 274 g/mol. The van der Waals surface area contributed by atoms with Crippen molar-refractivity contribution in [2.45, 2.75) is 37.7 Å². The van der Waals surface area contributed by atoms with Gasteiger partial charge in [0.2, 0.25) is 0 Å². The molecule has 1 saturated heterocycles. The zero-order valence-electron chi connectivity index (χ0n) is 11.5. The molecule has 1 N–H and O–H groups in total. The van der Waals surface area contributed by atoms with Gasteiger partial charge in [-0.15, -0.1) is 0 Å². The third-order valence-electron chi connectivity index (χ3n) is 4.82. The number of fused-ring (bicyclic) bond motifs is 1. The average Bonchev–Trinajstić information content (AvgIpc) is 2.46. The molecule has 20 heavy (non-hydrogen) atoms. The minimum Gasteiger partial charge on any atom is -0.389 e. The molecule has 1 aliphatic heterocycles. The molecule has 0 aromatic heterocycles. The second-order valence-corrected chi connectivity index (χ2v) is 6.43. The normalized spacial score (nSPS) is 29.9. The molecule has 1 saturated carbocycles. The number of hydrogen-bond donors (Lipinski definition) is 1. The highest BCUT2D eigenvalue weighted by atomic mass is 35.5. The molecule has 3 nitrogen and oxygen atoms in total. The molecule has 4 heteroatoms. The number of carbonyl (C=O) groups excluding carboxylic acids is 1. The van der Waals surface area contributed by atoms with Crippen LogP contribution in [0, 0.1) is 5.92 Å². The minimum absolute atomic E-state index is 0.0109. The summed E-state index contributed by atoms with van der Waals surface area (Å²) in [6.45, 7) is 1.28. The molecule has 0 radical (unpaired) electrons. The Balaban J connectivity index is 1.76. The van der Waals surface area contributed by atoms with E-state index < -0.39 is 5.60 Å². The highest BCUT2D eigenvalue weighted by molar-refractivity contribution is 6.33. The van der Waals surface area contributed by atoms with E-state index in [1.807, 2.05) is 17.0 Å². The minimum atomic E-state index is -0.546. The third kappa shape index (κ3) is 2.45. The van der Waals surface area contributed by atoms with Crippen molar-refractivity contribution >= 4 is 17.5 Å². The topological polar surface area (TPSA) is 40.5 Å². The van der Waals surface area contributed by atoms with E-state index in [2.05, 4.69) is 0 Å². The number of aliphatic hydroxyl groups is 1. The fourth-order valence-electron chi connectivity index (χ4n) is 3.56. The van der Waals surface area contributed by atoms with Gasteiger partial charge in [0.1, 0.15) is 0 Å². The lowest BCUT2D eigenvalue weighted by Gasteiger charge is -2.47. The van der Waals surface area contributed by atoms with E-state index in [-0.39, 0.29) is 11.8 Å². The standard InChI is InChI=1S/C16H20ClNO2/c17-14-7-2-1-6-13(14)15(19)18-10-9-16(20)8-4-3-5-12(16)11-18/h1-2,6-7,12,20H,3-5,8-11H2/t12-,16-/m1/s1. The summed E-state index contributed by atoms with van der Waals surface area (Å²) in [5, 5.41) is 11.2. The van der Waals surface area contributed by atoms with Crippen LogP contribution in [0.3, 0.4) is 0 Å². The summed E-state index contributed by atoms with van der Waals surface area (Å²) < 4.78 is 0. The average molecular weight is 294 g/mol. The monoisotopic (exact) mass is 293 g/mol. The SMILES string of the molecule is O=C(c1ccccc1Cl)N1CC[C@]2(O)CCCC[C@@H]2C1. The van der Waals surface area contributed by atoms with E-state index in [1.165, 1.54) is 0 Å². The maximum Gasteiger partial charge on any atom is 0.255 e. The number of amides is 1. The molecule has 0 unspecified atom stereocenters. The summed E-state index contributed by atoms with van der Waals surface area (Å²) in [5.41, 5.74) is 0.0191. The summed E-state index contributed by atoms with van der Waals surface area (Å²) in [6.07, 6.45) is 4.84. The van der Waals surface area contributed by atoms with Gasteiger partial charge in [0.05, 0.1) is 16.2 Å². The molecule has 2 fully saturated rings. The van der Waals surface area contributed by atoms with E-state index in [9.17, 15) is 9.90 Å². The molecule has 1 heterocycles. The highest BCUT2D eigenvalue weighted by Crippen LogP contribution is 2.40. The number of nitrogens with zero attached hydrogens (tertiary/aromatic N) is 1. The molecular formula is C16H20ClNO2. The van der Waals surface area contributed by atoms with Gasteiger partial charge in [0, 0.05) is 19.0 Å². The van der Waals surface area contributed by atoms with Gasteiger partial charge in [0.25, 0.3) is 5.91 Å². The number of hydrogen-bond acceptors (Lipinski definition) is 2. The van der Waals surface area contributed by atoms with Crippen LogP contribution in [0.1, 0.15) is 42.5 Å². The summed E-state index contributed by atoms with van der Waals surface area (Å²) in [6, 6.07) is 7.18. The lowest BCUT2D eigenvalue weighted by Crippen LogP contribution is -2.54. The number of likely N-dealkylation sites (tertiary alicyclic amines) is 1. The zero-order valence-corrected chi connectivity index (χ0v) is 12.3. The van der Waals surface area contributed by atoms with E-state index in [0.29, 0.717) is 30.1 Å². The first-order chi connectivity index (χ1) is 9.60. The molecule has 1 aromatic rings. The van der Waals surface area contributed by atoms with E-state index >= 15 is 0 Å². The molecule has 1 aromatic carbocycles. The Morgan fingerprint density at radius 1 is 1.30 bits per heavy atom. The van der Waals surface area contributed by atoms with Crippen LogP contribution in [-0.4, -0.2) is 34.6 Å². The number of rotatable bonds is 1. The largest absolute Gasteiger partial charge is 0.389 e. The molecule has 108 valence electrons. The maximum atomic E-state index is 12.6. The first-order valence-electron chi connectivity index (χ1n) is 7.36. The van der Waals surface area contributed by atoms with Gasteiger partial charge in [-0.1, -0.05) is 36.6 Å². The summed E-state index contributed by atoms with van der Waals surface area (Å²) in [7, 11) is 0.